The molecule has 0 radical (unpaired) electrons. The van der Waals surface area contributed by atoms with Crippen LogP contribution in [-0.2, 0) is 14.9 Å². The van der Waals surface area contributed by atoms with Gasteiger partial charge in [-0.05, 0) is 11.6 Å². The third-order valence-electron chi connectivity index (χ3n) is 2.61. The fourth-order valence-corrected chi connectivity index (χ4v) is 1.65. The van der Waals surface area contributed by atoms with E-state index < -0.39 is 11.8 Å². The van der Waals surface area contributed by atoms with Crippen molar-refractivity contribution < 1.29 is 19.4 Å². The summed E-state index contributed by atoms with van der Waals surface area (Å²) in [6, 6.07) is 6.65. The number of methoxy groups -OCH3 is 1. The number of carbonyl (C=O) groups is 2. The van der Waals surface area contributed by atoms with Gasteiger partial charge in [0.15, 0.2) is 0 Å². The zero-order valence-corrected chi connectivity index (χ0v) is 10.2. The highest BCUT2D eigenvalue weighted by atomic mass is 16.5. The first-order chi connectivity index (χ1) is 7.88. The fraction of sp³-hybridized carbons (Fsp3) is 0.385. The van der Waals surface area contributed by atoms with E-state index in [2.05, 4.69) is 0 Å². The molecule has 92 valence electrons. The summed E-state index contributed by atoms with van der Waals surface area (Å²) in [5.41, 5.74) is 0.814. The van der Waals surface area contributed by atoms with Gasteiger partial charge in [0.05, 0.1) is 6.61 Å². The number of carboxylic acid groups (broad SMARTS) is 1. The van der Waals surface area contributed by atoms with Gasteiger partial charge in [-0.15, -0.1) is 0 Å². The lowest BCUT2D eigenvalue weighted by molar-refractivity contribution is -0.131. The third-order valence-corrected chi connectivity index (χ3v) is 2.61. The van der Waals surface area contributed by atoms with Gasteiger partial charge in [0, 0.05) is 18.1 Å². The van der Waals surface area contributed by atoms with Crippen molar-refractivity contribution in [1.82, 2.24) is 0 Å². The summed E-state index contributed by atoms with van der Waals surface area (Å²) in [5.74, 6) is -2.33. The van der Waals surface area contributed by atoms with Gasteiger partial charge in [0.2, 0.25) is 0 Å². The molecule has 0 amide bonds. The van der Waals surface area contributed by atoms with Crippen molar-refractivity contribution in [3.8, 4) is 0 Å². The van der Waals surface area contributed by atoms with Crippen molar-refractivity contribution >= 4 is 11.8 Å². The molecule has 0 aliphatic carbocycles. The summed E-state index contributed by atoms with van der Waals surface area (Å²) in [7, 11) is 1.61. The molecule has 0 spiro atoms. The summed E-state index contributed by atoms with van der Waals surface area (Å²) in [6.07, 6.45) is 0. The Hall–Kier alpha value is -1.68. The molecule has 1 N–H and O–H groups in total. The number of benzene rings is 1. The Morgan fingerprint density at radius 2 is 2.00 bits per heavy atom. The molecular weight excluding hydrogens is 220 g/mol. The number of ether oxygens (including phenoxy) is 1. The topological polar surface area (TPSA) is 63.6 Å². The summed E-state index contributed by atoms with van der Waals surface area (Å²) < 4.78 is 5.11. The van der Waals surface area contributed by atoms with Crippen LogP contribution in [0.15, 0.2) is 24.3 Å². The van der Waals surface area contributed by atoms with Crippen LogP contribution in [0.3, 0.4) is 0 Å². The predicted octanol–water partition coefficient (Wildman–Crippen LogP) is 1.88. The fourth-order valence-electron chi connectivity index (χ4n) is 1.65. The van der Waals surface area contributed by atoms with Crippen molar-refractivity contribution in [2.45, 2.75) is 19.3 Å². The van der Waals surface area contributed by atoms with E-state index in [0.717, 1.165) is 5.56 Å². The van der Waals surface area contributed by atoms with Crippen LogP contribution in [0.4, 0.5) is 0 Å². The molecular formula is C13H16O4. The van der Waals surface area contributed by atoms with Gasteiger partial charge >= 0.3 is 5.97 Å². The maximum absolute atomic E-state index is 11.4. The highest BCUT2D eigenvalue weighted by molar-refractivity contribution is 6.39. The lowest BCUT2D eigenvalue weighted by atomic mass is 9.84. The average molecular weight is 236 g/mol. The second kappa shape index (κ2) is 5.10. The number of rotatable bonds is 5. The van der Waals surface area contributed by atoms with E-state index in [1.807, 2.05) is 19.9 Å². The molecule has 0 aliphatic rings. The van der Waals surface area contributed by atoms with Crippen LogP contribution in [0.1, 0.15) is 29.8 Å². The minimum absolute atomic E-state index is 0.194. The number of aliphatic carboxylic acids is 1. The molecule has 0 unspecified atom stereocenters. The van der Waals surface area contributed by atoms with E-state index in [0.29, 0.717) is 6.61 Å². The van der Waals surface area contributed by atoms with Crippen molar-refractivity contribution in [1.29, 1.82) is 0 Å². The van der Waals surface area contributed by atoms with Gasteiger partial charge in [-0.1, -0.05) is 32.0 Å². The monoisotopic (exact) mass is 236 g/mol. The van der Waals surface area contributed by atoms with Crippen LogP contribution in [0, 0.1) is 0 Å². The van der Waals surface area contributed by atoms with E-state index in [-0.39, 0.29) is 11.0 Å². The second-order valence-corrected chi connectivity index (χ2v) is 4.53. The highest BCUT2D eigenvalue weighted by Gasteiger charge is 2.22. The Kier molecular flexibility index (Phi) is 4.02. The lowest BCUT2D eigenvalue weighted by Crippen LogP contribution is -2.24. The predicted molar refractivity (Wildman–Crippen MR) is 63.3 cm³/mol. The van der Waals surface area contributed by atoms with Crippen molar-refractivity contribution in [3.63, 3.8) is 0 Å². The van der Waals surface area contributed by atoms with E-state index in [9.17, 15) is 9.59 Å². The molecule has 4 nitrogen and oxygen atoms in total. The van der Waals surface area contributed by atoms with E-state index in [1.165, 1.54) is 6.07 Å². The quantitative estimate of drug-likeness (QED) is 0.626. The smallest absolute Gasteiger partial charge is 0.377 e. The Balaban J connectivity index is 3.09. The maximum Gasteiger partial charge on any atom is 0.377 e. The van der Waals surface area contributed by atoms with Crippen molar-refractivity contribution in [2.75, 3.05) is 13.7 Å². The molecule has 1 aromatic carbocycles. The van der Waals surface area contributed by atoms with Crippen LogP contribution >= 0.6 is 0 Å². The molecule has 1 aromatic rings. The van der Waals surface area contributed by atoms with Gasteiger partial charge < -0.3 is 9.84 Å². The number of ketones is 1. The molecule has 1 rings (SSSR count). The molecule has 0 fully saturated rings. The number of hydrogen-bond donors (Lipinski definition) is 1. The van der Waals surface area contributed by atoms with Gasteiger partial charge in [0.1, 0.15) is 0 Å². The molecule has 0 saturated heterocycles. The molecule has 4 heteroatoms. The Bertz CT molecular complexity index is 435. The Morgan fingerprint density at radius 1 is 1.35 bits per heavy atom. The first-order valence-electron chi connectivity index (χ1n) is 5.25. The van der Waals surface area contributed by atoms with E-state index >= 15 is 0 Å². The standard InChI is InChI=1S/C13H16O4/c1-13(2,8-17-3)10-6-4-5-9(7-10)11(14)12(15)16/h4-7H,8H2,1-3H3,(H,15,16). The lowest BCUT2D eigenvalue weighted by Gasteiger charge is -2.24. The number of hydrogen-bond acceptors (Lipinski definition) is 3. The van der Waals surface area contributed by atoms with Gasteiger partial charge in [-0.2, -0.15) is 0 Å². The third kappa shape index (κ3) is 3.14. The van der Waals surface area contributed by atoms with Crippen LogP contribution < -0.4 is 0 Å². The zero-order chi connectivity index (χ0) is 13.1. The van der Waals surface area contributed by atoms with Crippen LogP contribution in [0.2, 0.25) is 0 Å². The molecule has 0 aromatic heterocycles. The first-order valence-corrected chi connectivity index (χ1v) is 5.25. The SMILES string of the molecule is COCC(C)(C)c1cccc(C(=O)C(=O)O)c1. The van der Waals surface area contributed by atoms with Crippen molar-refractivity contribution in [3.05, 3.63) is 35.4 Å². The summed E-state index contributed by atoms with van der Waals surface area (Å²) in [4.78, 5) is 22.0. The van der Waals surface area contributed by atoms with Crippen LogP contribution in [-0.4, -0.2) is 30.6 Å². The molecule has 0 saturated carbocycles. The normalized spacial score (nSPS) is 11.2. The zero-order valence-electron chi connectivity index (χ0n) is 10.2. The number of carboxylic acids is 1. The van der Waals surface area contributed by atoms with Crippen molar-refractivity contribution in [2.24, 2.45) is 0 Å². The number of carbonyl (C=O) groups excluding carboxylic acids is 1. The minimum atomic E-state index is -1.44. The van der Waals surface area contributed by atoms with E-state index in [1.54, 1.807) is 19.2 Å². The minimum Gasteiger partial charge on any atom is -0.475 e. The highest BCUT2D eigenvalue weighted by Crippen LogP contribution is 2.24. The van der Waals surface area contributed by atoms with Gasteiger partial charge in [0.25, 0.3) is 5.78 Å². The molecule has 0 aliphatic heterocycles. The van der Waals surface area contributed by atoms with Gasteiger partial charge in [-0.25, -0.2) is 4.79 Å². The Morgan fingerprint density at radius 3 is 2.53 bits per heavy atom. The second-order valence-electron chi connectivity index (χ2n) is 4.53. The molecule has 0 heterocycles. The summed E-state index contributed by atoms with van der Waals surface area (Å²) in [6.45, 7) is 4.44. The summed E-state index contributed by atoms with van der Waals surface area (Å²) in [5, 5.41) is 8.66. The molecule has 17 heavy (non-hydrogen) atoms. The van der Waals surface area contributed by atoms with Gasteiger partial charge in [-0.3, -0.25) is 4.79 Å². The maximum atomic E-state index is 11.4. The van der Waals surface area contributed by atoms with Crippen LogP contribution in [0.25, 0.3) is 0 Å². The van der Waals surface area contributed by atoms with Crippen LogP contribution in [0.5, 0.6) is 0 Å². The first kappa shape index (κ1) is 13.4. The number of Topliss-reactive ketones (excluding diaryl/α,β-unsaturated/α-hetero) is 1. The largest absolute Gasteiger partial charge is 0.475 e. The molecule has 0 atom stereocenters. The average Bonchev–Trinajstić information content (AvgIpc) is 2.28. The van der Waals surface area contributed by atoms with E-state index in [4.69, 9.17) is 9.84 Å². The Labute approximate surface area is 100 Å². The molecule has 0 bridgehead atoms. The summed E-state index contributed by atoms with van der Waals surface area (Å²) >= 11 is 0.